The second kappa shape index (κ2) is 3.61. The summed E-state index contributed by atoms with van der Waals surface area (Å²) in [5.41, 5.74) is 4.67. The molecule has 0 aromatic rings. The Bertz CT molecular complexity index is 323. The van der Waals surface area contributed by atoms with E-state index in [-0.39, 0.29) is 22.8 Å². The number of aliphatic hydroxyl groups is 1. The second-order valence-electron chi connectivity index (χ2n) is 6.11. The van der Waals surface area contributed by atoms with Gasteiger partial charge in [0.05, 0.1) is 6.04 Å². The number of fused-ring (bicyclic) bond motifs is 1. The van der Waals surface area contributed by atoms with Gasteiger partial charge in [0, 0.05) is 11.3 Å². The van der Waals surface area contributed by atoms with Crippen LogP contribution in [-0.2, 0) is 0 Å². The van der Waals surface area contributed by atoms with Crippen molar-refractivity contribution in [2.45, 2.75) is 57.1 Å². The molecule has 92 valence electrons. The molecule has 0 saturated heterocycles. The standard InChI is InChI=1S/C12H21ClN2O/c1-11(2,3)12(16)8-6-7(13)4-5-9(8)15-10(12)14/h7-9,16H,4-6H2,1-3H3,(H2,14,15). The van der Waals surface area contributed by atoms with E-state index in [0.29, 0.717) is 5.84 Å². The molecule has 3 nitrogen and oxygen atoms in total. The van der Waals surface area contributed by atoms with Crippen LogP contribution in [0.5, 0.6) is 0 Å². The molecule has 1 aliphatic heterocycles. The first kappa shape index (κ1) is 12.2. The summed E-state index contributed by atoms with van der Waals surface area (Å²) < 4.78 is 0. The fourth-order valence-corrected chi connectivity index (χ4v) is 3.43. The normalized spacial score (nSPS) is 44.1. The molecule has 1 fully saturated rings. The Labute approximate surface area is 102 Å². The average molecular weight is 245 g/mol. The van der Waals surface area contributed by atoms with Crippen LogP contribution in [0.2, 0.25) is 0 Å². The van der Waals surface area contributed by atoms with E-state index < -0.39 is 5.60 Å². The molecule has 0 aromatic heterocycles. The van der Waals surface area contributed by atoms with Gasteiger partial charge in [-0.1, -0.05) is 20.8 Å². The minimum atomic E-state index is -0.995. The van der Waals surface area contributed by atoms with Crippen LogP contribution in [0.1, 0.15) is 40.0 Å². The zero-order valence-electron chi connectivity index (χ0n) is 10.2. The number of halogens is 1. The molecule has 3 N–H and O–H groups in total. The molecule has 1 aliphatic carbocycles. The number of hydrogen-bond acceptors (Lipinski definition) is 3. The number of nitrogens with two attached hydrogens (primary N) is 1. The van der Waals surface area contributed by atoms with Crippen molar-refractivity contribution in [3.63, 3.8) is 0 Å². The number of nitrogens with zero attached hydrogens (tertiary/aromatic N) is 1. The number of rotatable bonds is 0. The topological polar surface area (TPSA) is 58.6 Å². The highest BCUT2D eigenvalue weighted by Gasteiger charge is 2.57. The van der Waals surface area contributed by atoms with Crippen LogP contribution in [-0.4, -0.2) is 28.0 Å². The molecular formula is C12H21ClN2O. The molecule has 4 heteroatoms. The molecule has 0 spiro atoms. The first-order chi connectivity index (χ1) is 7.26. The van der Waals surface area contributed by atoms with Gasteiger partial charge in [-0.25, -0.2) is 0 Å². The van der Waals surface area contributed by atoms with Gasteiger partial charge in [-0.2, -0.15) is 0 Å². The van der Waals surface area contributed by atoms with Gasteiger partial charge in [0.2, 0.25) is 0 Å². The lowest BCUT2D eigenvalue weighted by Crippen LogP contribution is -2.58. The van der Waals surface area contributed by atoms with Crippen molar-refractivity contribution in [2.75, 3.05) is 0 Å². The summed E-state index contributed by atoms with van der Waals surface area (Å²) in [6.07, 6.45) is 2.72. The summed E-state index contributed by atoms with van der Waals surface area (Å²) in [4.78, 5) is 4.45. The molecule has 0 bridgehead atoms. The van der Waals surface area contributed by atoms with Crippen molar-refractivity contribution in [1.82, 2.24) is 0 Å². The SMILES string of the molecule is CC(C)(C)C1(O)C(N)=NC2CCC(Cl)CC21. The Kier molecular flexibility index (Phi) is 2.75. The highest BCUT2D eigenvalue weighted by Crippen LogP contribution is 2.48. The minimum Gasteiger partial charge on any atom is -0.385 e. The van der Waals surface area contributed by atoms with Gasteiger partial charge < -0.3 is 10.8 Å². The van der Waals surface area contributed by atoms with E-state index in [1.807, 2.05) is 20.8 Å². The van der Waals surface area contributed by atoms with Gasteiger partial charge in [0.15, 0.2) is 0 Å². The van der Waals surface area contributed by atoms with Crippen molar-refractivity contribution in [3.8, 4) is 0 Å². The minimum absolute atomic E-state index is 0.0868. The Morgan fingerprint density at radius 1 is 1.44 bits per heavy atom. The molecule has 4 unspecified atom stereocenters. The van der Waals surface area contributed by atoms with Crippen LogP contribution in [0, 0.1) is 11.3 Å². The fraction of sp³-hybridized carbons (Fsp3) is 0.917. The van der Waals surface area contributed by atoms with Gasteiger partial charge >= 0.3 is 0 Å². The monoisotopic (exact) mass is 244 g/mol. The van der Waals surface area contributed by atoms with Gasteiger partial charge in [-0.3, -0.25) is 4.99 Å². The lowest BCUT2D eigenvalue weighted by Gasteiger charge is -2.44. The van der Waals surface area contributed by atoms with Crippen molar-refractivity contribution < 1.29 is 5.11 Å². The quantitative estimate of drug-likeness (QED) is 0.640. The molecule has 0 aromatic carbocycles. The third-order valence-electron chi connectivity index (χ3n) is 4.13. The summed E-state index contributed by atoms with van der Waals surface area (Å²) in [7, 11) is 0. The first-order valence-corrected chi connectivity index (χ1v) is 6.40. The van der Waals surface area contributed by atoms with Crippen molar-refractivity contribution in [2.24, 2.45) is 22.1 Å². The molecule has 2 rings (SSSR count). The summed E-state index contributed by atoms with van der Waals surface area (Å²) in [5.74, 6) is 0.490. The van der Waals surface area contributed by atoms with Crippen LogP contribution in [0.3, 0.4) is 0 Å². The molecule has 0 amide bonds. The number of alkyl halides is 1. The molecular weight excluding hydrogens is 224 g/mol. The maximum Gasteiger partial charge on any atom is 0.131 e. The third-order valence-corrected chi connectivity index (χ3v) is 4.52. The number of amidine groups is 1. The highest BCUT2D eigenvalue weighted by atomic mass is 35.5. The molecule has 4 atom stereocenters. The summed E-state index contributed by atoms with van der Waals surface area (Å²) in [5, 5.41) is 11.0. The second-order valence-corrected chi connectivity index (χ2v) is 6.73. The van der Waals surface area contributed by atoms with Crippen molar-refractivity contribution >= 4 is 17.4 Å². The van der Waals surface area contributed by atoms with Crippen molar-refractivity contribution in [1.29, 1.82) is 0 Å². The largest absolute Gasteiger partial charge is 0.385 e. The highest BCUT2D eigenvalue weighted by molar-refractivity contribution is 6.20. The van der Waals surface area contributed by atoms with E-state index in [1.54, 1.807) is 0 Å². The molecule has 16 heavy (non-hydrogen) atoms. The summed E-state index contributed by atoms with van der Waals surface area (Å²) >= 11 is 6.21. The van der Waals surface area contributed by atoms with Crippen LogP contribution in [0.25, 0.3) is 0 Å². The average Bonchev–Trinajstić information content (AvgIpc) is 2.41. The summed E-state index contributed by atoms with van der Waals surface area (Å²) in [6.45, 7) is 6.03. The van der Waals surface area contributed by atoms with Crippen LogP contribution >= 0.6 is 11.6 Å². The van der Waals surface area contributed by atoms with E-state index in [9.17, 15) is 5.11 Å². The van der Waals surface area contributed by atoms with E-state index >= 15 is 0 Å². The maximum absolute atomic E-state index is 10.9. The van der Waals surface area contributed by atoms with Crippen molar-refractivity contribution in [3.05, 3.63) is 0 Å². The van der Waals surface area contributed by atoms with Gasteiger partial charge in [0.1, 0.15) is 11.4 Å². The lowest BCUT2D eigenvalue weighted by atomic mass is 9.64. The van der Waals surface area contributed by atoms with Crippen LogP contribution in [0.4, 0.5) is 0 Å². The zero-order chi connectivity index (χ0) is 12.1. The van der Waals surface area contributed by atoms with Crippen LogP contribution < -0.4 is 5.73 Å². The molecule has 0 radical (unpaired) electrons. The molecule has 1 saturated carbocycles. The maximum atomic E-state index is 10.9. The Balaban J connectivity index is 2.35. The summed E-state index contributed by atoms with van der Waals surface area (Å²) in [6, 6.07) is 0.166. The lowest BCUT2D eigenvalue weighted by molar-refractivity contribution is -0.0508. The zero-order valence-corrected chi connectivity index (χ0v) is 11.0. The van der Waals surface area contributed by atoms with Crippen LogP contribution in [0.15, 0.2) is 4.99 Å². The molecule has 2 aliphatic rings. The van der Waals surface area contributed by atoms with E-state index in [4.69, 9.17) is 17.3 Å². The number of aliphatic imine (C=N–C) groups is 1. The van der Waals surface area contributed by atoms with E-state index in [2.05, 4.69) is 4.99 Å². The Hall–Kier alpha value is -0.280. The Morgan fingerprint density at radius 2 is 2.06 bits per heavy atom. The van der Waals surface area contributed by atoms with E-state index in [1.165, 1.54) is 0 Å². The van der Waals surface area contributed by atoms with Gasteiger partial charge in [-0.05, 0) is 24.7 Å². The third kappa shape index (κ3) is 1.56. The van der Waals surface area contributed by atoms with Gasteiger partial charge in [-0.15, -0.1) is 11.6 Å². The fourth-order valence-electron chi connectivity index (χ4n) is 3.11. The van der Waals surface area contributed by atoms with Gasteiger partial charge in [0.25, 0.3) is 0 Å². The predicted molar refractivity (Wildman–Crippen MR) is 66.8 cm³/mol. The van der Waals surface area contributed by atoms with E-state index in [0.717, 1.165) is 19.3 Å². The molecule has 1 heterocycles. The smallest absolute Gasteiger partial charge is 0.131 e. The first-order valence-electron chi connectivity index (χ1n) is 5.97. The Morgan fingerprint density at radius 3 is 2.62 bits per heavy atom. The predicted octanol–water partition coefficient (Wildman–Crippen LogP) is 1.91. The number of hydrogen-bond donors (Lipinski definition) is 2.